The van der Waals surface area contributed by atoms with Gasteiger partial charge in [-0.05, 0) is 47.8 Å². The summed E-state index contributed by atoms with van der Waals surface area (Å²) in [6.45, 7) is 0. The Morgan fingerprint density at radius 2 is 1.81 bits per heavy atom. The maximum atomic E-state index is 12.4. The van der Waals surface area contributed by atoms with Gasteiger partial charge in [0.25, 0.3) is 5.91 Å². The van der Waals surface area contributed by atoms with Gasteiger partial charge in [0.2, 0.25) is 5.91 Å². The minimum atomic E-state index is -0.198. The van der Waals surface area contributed by atoms with Gasteiger partial charge in [-0.25, -0.2) is 4.98 Å². The number of amides is 2. The van der Waals surface area contributed by atoms with Gasteiger partial charge in [-0.2, -0.15) is 0 Å². The molecule has 2 heterocycles. The Bertz CT molecular complexity index is 1260. The summed E-state index contributed by atoms with van der Waals surface area (Å²) >= 11 is 13.5. The van der Waals surface area contributed by atoms with Gasteiger partial charge in [0.05, 0.1) is 16.1 Å². The van der Waals surface area contributed by atoms with E-state index in [-0.39, 0.29) is 18.2 Å². The van der Waals surface area contributed by atoms with Crippen LogP contribution in [0.25, 0.3) is 11.3 Å². The summed E-state index contributed by atoms with van der Waals surface area (Å²) in [7, 11) is 0. The number of carbonyl (C=O) groups excluding carboxylic acids is 2. The second-order valence-electron chi connectivity index (χ2n) is 6.80. The quantitative estimate of drug-likeness (QED) is 0.311. The van der Waals surface area contributed by atoms with Gasteiger partial charge in [0.15, 0.2) is 11.7 Å². The number of anilines is 2. The molecule has 0 spiro atoms. The van der Waals surface area contributed by atoms with E-state index in [2.05, 4.69) is 15.6 Å². The molecule has 2 aromatic heterocycles. The van der Waals surface area contributed by atoms with Gasteiger partial charge in [-0.15, -0.1) is 11.3 Å². The molecule has 0 atom stereocenters. The molecule has 0 unspecified atom stereocenters. The third-order valence-electron chi connectivity index (χ3n) is 4.47. The fraction of sp³-hybridized carbons (Fsp3) is 0.0870. The number of hydrogen-bond acceptors (Lipinski definition) is 5. The number of rotatable bonds is 7. The van der Waals surface area contributed by atoms with Gasteiger partial charge >= 0.3 is 0 Å². The van der Waals surface area contributed by atoms with Crippen LogP contribution >= 0.6 is 34.5 Å². The second-order valence-corrected chi connectivity index (χ2v) is 8.59. The summed E-state index contributed by atoms with van der Waals surface area (Å²) in [6, 6.07) is 15.6. The van der Waals surface area contributed by atoms with Crippen molar-refractivity contribution in [2.24, 2.45) is 0 Å². The molecule has 0 saturated heterocycles. The average Bonchev–Trinajstić information content (AvgIpc) is 3.45. The van der Waals surface area contributed by atoms with Crippen molar-refractivity contribution < 1.29 is 14.0 Å². The molecule has 0 fully saturated rings. The topological polar surface area (TPSA) is 84.2 Å². The molecular weight excluding hydrogens is 469 g/mol. The predicted molar refractivity (Wildman–Crippen MR) is 128 cm³/mol. The van der Waals surface area contributed by atoms with Gasteiger partial charge < -0.3 is 15.1 Å². The van der Waals surface area contributed by atoms with E-state index in [9.17, 15) is 9.59 Å². The van der Waals surface area contributed by atoms with Gasteiger partial charge in [0, 0.05) is 34.8 Å². The molecule has 0 saturated carbocycles. The van der Waals surface area contributed by atoms with Crippen molar-refractivity contribution in [2.75, 3.05) is 10.6 Å². The van der Waals surface area contributed by atoms with E-state index in [1.165, 1.54) is 11.3 Å². The molecule has 32 heavy (non-hydrogen) atoms. The van der Waals surface area contributed by atoms with Crippen molar-refractivity contribution in [3.8, 4) is 11.3 Å². The van der Waals surface area contributed by atoms with Crippen LogP contribution in [0, 0.1) is 0 Å². The third kappa shape index (κ3) is 5.56. The lowest BCUT2D eigenvalue weighted by Gasteiger charge is -2.08. The zero-order chi connectivity index (χ0) is 22.5. The molecule has 2 amide bonds. The average molecular weight is 486 g/mol. The van der Waals surface area contributed by atoms with Crippen molar-refractivity contribution in [3.05, 3.63) is 87.0 Å². The normalized spacial score (nSPS) is 10.7. The Morgan fingerprint density at radius 3 is 2.56 bits per heavy atom. The number of nitrogens with one attached hydrogen (secondary N) is 2. The number of thiophene rings is 1. The lowest BCUT2D eigenvalue weighted by molar-refractivity contribution is -0.116. The Balaban J connectivity index is 1.33. The summed E-state index contributed by atoms with van der Waals surface area (Å²) in [4.78, 5) is 29.4. The number of aryl methyl sites for hydroxylation is 1. The lowest BCUT2D eigenvalue weighted by Crippen LogP contribution is -2.13. The minimum Gasteiger partial charge on any atom is -0.441 e. The zero-order valence-corrected chi connectivity index (χ0v) is 18.9. The van der Waals surface area contributed by atoms with Crippen LogP contribution in [-0.2, 0) is 11.2 Å². The maximum Gasteiger partial charge on any atom is 0.265 e. The Morgan fingerprint density at radius 1 is 1.00 bits per heavy atom. The molecule has 6 nitrogen and oxygen atoms in total. The Labute approximate surface area is 198 Å². The minimum absolute atomic E-state index is 0.181. The van der Waals surface area contributed by atoms with Crippen LogP contribution in [0.3, 0.4) is 0 Å². The van der Waals surface area contributed by atoms with E-state index < -0.39 is 0 Å². The molecule has 0 aliphatic rings. The highest BCUT2D eigenvalue weighted by atomic mass is 35.5. The summed E-state index contributed by atoms with van der Waals surface area (Å²) in [5.41, 5.74) is 1.86. The second kappa shape index (κ2) is 9.99. The van der Waals surface area contributed by atoms with Crippen LogP contribution in [0.1, 0.15) is 22.0 Å². The first kappa shape index (κ1) is 22.1. The van der Waals surface area contributed by atoms with Crippen molar-refractivity contribution >= 4 is 57.7 Å². The first-order valence-corrected chi connectivity index (χ1v) is 11.3. The van der Waals surface area contributed by atoms with Crippen LogP contribution in [0.4, 0.5) is 11.4 Å². The van der Waals surface area contributed by atoms with E-state index in [0.717, 1.165) is 0 Å². The molecule has 0 bridgehead atoms. The van der Waals surface area contributed by atoms with E-state index >= 15 is 0 Å². The van der Waals surface area contributed by atoms with Crippen molar-refractivity contribution in [1.29, 1.82) is 0 Å². The molecule has 162 valence electrons. The largest absolute Gasteiger partial charge is 0.441 e. The van der Waals surface area contributed by atoms with Crippen molar-refractivity contribution in [2.45, 2.75) is 12.8 Å². The number of oxazole rings is 1. The van der Waals surface area contributed by atoms with Crippen LogP contribution in [0.15, 0.2) is 70.6 Å². The Kier molecular flexibility index (Phi) is 6.90. The number of hydrogen-bond donors (Lipinski definition) is 2. The SMILES string of the molecule is O=C(CCc1ncc(-c2ccc(Cl)cc2Cl)o1)Nc1cccc(NC(=O)c2cccs2)c1. The molecule has 4 rings (SSSR count). The van der Waals surface area contributed by atoms with Gasteiger partial charge in [0.1, 0.15) is 0 Å². The standard InChI is InChI=1S/C23H17Cl2N3O3S/c24-14-6-7-17(18(25)11-14)19-13-26-22(31-19)9-8-21(29)27-15-3-1-4-16(12-15)28-23(30)20-5-2-10-32-20/h1-7,10-13H,8-9H2,(H,27,29)(H,28,30). The van der Waals surface area contributed by atoms with E-state index in [4.69, 9.17) is 27.6 Å². The van der Waals surface area contributed by atoms with Gasteiger partial charge in [-0.1, -0.05) is 35.3 Å². The third-order valence-corrected chi connectivity index (χ3v) is 5.88. The first-order valence-electron chi connectivity index (χ1n) is 9.63. The smallest absolute Gasteiger partial charge is 0.265 e. The molecule has 2 aromatic carbocycles. The molecule has 2 N–H and O–H groups in total. The van der Waals surface area contributed by atoms with Crippen LogP contribution in [-0.4, -0.2) is 16.8 Å². The highest BCUT2D eigenvalue weighted by Crippen LogP contribution is 2.31. The molecule has 0 aliphatic carbocycles. The number of aromatic nitrogens is 1. The highest BCUT2D eigenvalue weighted by molar-refractivity contribution is 7.12. The number of benzene rings is 2. The van der Waals surface area contributed by atoms with E-state index in [1.54, 1.807) is 54.7 Å². The van der Waals surface area contributed by atoms with Crippen LogP contribution in [0.2, 0.25) is 10.0 Å². The van der Waals surface area contributed by atoms with Crippen molar-refractivity contribution in [3.63, 3.8) is 0 Å². The lowest BCUT2D eigenvalue weighted by atomic mass is 10.2. The Hall–Kier alpha value is -3.13. The molecular formula is C23H17Cl2N3O3S. The fourth-order valence-electron chi connectivity index (χ4n) is 2.96. The number of halogens is 2. The summed E-state index contributed by atoms with van der Waals surface area (Å²) in [5, 5.41) is 8.47. The van der Waals surface area contributed by atoms with E-state index in [0.29, 0.717) is 49.9 Å². The zero-order valence-electron chi connectivity index (χ0n) is 16.6. The number of carbonyl (C=O) groups is 2. The molecule has 4 aromatic rings. The van der Waals surface area contributed by atoms with Crippen molar-refractivity contribution in [1.82, 2.24) is 4.98 Å². The summed E-state index contributed by atoms with van der Waals surface area (Å²) in [6.07, 6.45) is 2.08. The molecule has 0 aliphatic heterocycles. The first-order chi connectivity index (χ1) is 15.5. The fourth-order valence-corrected chi connectivity index (χ4v) is 4.08. The monoisotopic (exact) mass is 485 g/mol. The predicted octanol–water partition coefficient (Wildman–Crippen LogP) is 6.53. The molecule has 0 radical (unpaired) electrons. The molecule has 9 heteroatoms. The van der Waals surface area contributed by atoms with E-state index in [1.807, 2.05) is 11.4 Å². The van der Waals surface area contributed by atoms with Crippen LogP contribution < -0.4 is 10.6 Å². The highest BCUT2D eigenvalue weighted by Gasteiger charge is 2.13. The van der Waals surface area contributed by atoms with Gasteiger partial charge in [-0.3, -0.25) is 9.59 Å². The number of nitrogens with zero attached hydrogens (tertiary/aromatic N) is 1. The summed E-state index contributed by atoms with van der Waals surface area (Å²) < 4.78 is 5.72. The van der Waals surface area contributed by atoms with Crippen LogP contribution in [0.5, 0.6) is 0 Å². The summed E-state index contributed by atoms with van der Waals surface area (Å²) in [5.74, 6) is 0.550. The maximum absolute atomic E-state index is 12.4.